The molecule has 2 aromatic heterocycles. The first-order chi connectivity index (χ1) is 19.9. The molecule has 1 amide bonds. The maximum Gasteiger partial charge on any atom is 0.255 e. The van der Waals surface area contributed by atoms with Gasteiger partial charge in [0.15, 0.2) is 29.6 Å². The monoisotopic (exact) mass is 580 g/mol. The van der Waals surface area contributed by atoms with Gasteiger partial charge in [0.05, 0.1) is 22.5 Å². The number of piperazine rings is 1. The van der Waals surface area contributed by atoms with Crippen LogP contribution in [-0.2, 0) is 0 Å². The molecule has 1 aliphatic rings. The summed E-state index contributed by atoms with van der Waals surface area (Å²) in [7, 11) is 1.76. The van der Waals surface area contributed by atoms with Crippen molar-refractivity contribution in [3.63, 3.8) is 0 Å². The van der Waals surface area contributed by atoms with E-state index in [1.807, 2.05) is 0 Å². The van der Waals surface area contributed by atoms with E-state index in [-0.39, 0.29) is 27.9 Å². The van der Waals surface area contributed by atoms with Crippen molar-refractivity contribution in [1.29, 1.82) is 5.26 Å². The molecule has 10 nitrogen and oxygen atoms in total. The van der Waals surface area contributed by atoms with Crippen molar-refractivity contribution in [3.05, 3.63) is 71.1 Å². The lowest BCUT2D eigenvalue weighted by Gasteiger charge is -2.29. The van der Waals surface area contributed by atoms with Gasteiger partial charge >= 0.3 is 0 Å². The quantitative estimate of drug-likeness (QED) is 0.306. The molecule has 0 atom stereocenters. The topological polar surface area (TPSA) is 111 Å². The van der Waals surface area contributed by atoms with E-state index in [9.17, 15) is 13.6 Å². The molecule has 41 heavy (non-hydrogen) atoms. The number of hydrogen-bond acceptors (Lipinski definition) is 8. The molecule has 2 N–H and O–H groups in total. The third kappa shape index (κ3) is 6.07. The number of aromatic nitrogens is 3. The van der Waals surface area contributed by atoms with Gasteiger partial charge in [-0.3, -0.25) is 14.1 Å². The predicted molar refractivity (Wildman–Crippen MR) is 150 cm³/mol. The molecule has 0 bridgehead atoms. The Morgan fingerprint density at radius 2 is 2.02 bits per heavy atom. The highest BCUT2D eigenvalue weighted by atomic mass is 35.5. The number of nitriles is 1. The van der Waals surface area contributed by atoms with E-state index in [0.717, 1.165) is 32.7 Å². The summed E-state index contributed by atoms with van der Waals surface area (Å²) in [4.78, 5) is 25.7. The van der Waals surface area contributed by atoms with Gasteiger partial charge in [0.25, 0.3) is 5.91 Å². The second kappa shape index (κ2) is 12.5. The van der Waals surface area contributed by atoms with Crippen molar-refractivity contribution in [2.45, 2.75) is 0 Å². The summed E-state index contributed by atoms with van der Waals surface area (Å²) in [6.45, 7) is 4.78. The van der Waals surface area contributed by atoms with Gasteiger partial charge in [0.2, 0.25) is 5.82 Å². The van der Waals surface area contributed by atoms with Crippen LogP contribution in [0.4, 0.5) is 20.3 Å². The van der Waals surface area contributed by atoms with E-state index in [0.29, 0.717) is 29.3 Å². The van der Waals surface area contributed by atoms with Crippen molar-refractivity contribution < 1.29 is 18.3 Å². The number of likely N-dealkylation sites (N-methyl/N-ethyl adjacent to an activating group) is 1. The number of anilines is 2. The number of nitrogens with one attached hydrogen (secondary N) is 2. The van der Waals surface area contributed by atoms with Crippen LogP contribution in [0.15, 0.2) is 48.9 Å². The molecule has 1 aliphatic heterocycles. The van der Waals surface area contributed by atoms with Crippen LogP contribution in [0.3, 0.4) is 0 Å². The zero-order valence-electron chi connectivity index (χ0n) is 22.2. The first kappa shape index (κ1) is 28.2. The van der Waals surface area contributed by atoms with Crippen molar-refractivity contribution >= 4 is 34.7 Å². The number of halogens is 3. The molecular weight excluding hydrogens is 554 g/mol. The highest BCUT2D eigenvalue weighted by Crippen LogP contribution is 2.32. The van der Waals surface area contributed by atoms with Crippen LogP contribution < -0.4 is 15.4 Å². The van der Waals surface area contributed by atoms with Crippen LogP contribution in [0, 0.1) is 23.0 Å². The molecule has 212 valence electrons. The van der Waals surface area contributed by atoms with Crippen LogP contribution in [-0.4, -0.2) is 83.0 Å². The van der Waals surface area contributed by atoms with E-state index in [2.05, 4.69) is 25.5 Å². The summed E-state index contributed by atoms with van der Waals surface area (Å²) in [5.74, 6) is -2.50. The molecule has 1 fully saturated rings. The number of hydrogen-bond donors (Lipinski definition) is 2. The molecule has 5 rings (SSSR count). The lowest BCUT2D eigenvalue weighted by Crippen LogP contribution is -2.46. The molecule has 0 unspecified atom stereocenters. The van der Waals surface area contributed by atoms with E-state index in [4.69, 9.17) is 21.6 Å². The number of carbonyl (C=O) groups excluding carboxylic acids is 1. The Kier molecular flexibility index (Phi) is 8.58. The number of amides is 1. The number of carbonyl (C=O) groups is 1. The maximum absolute atomic E-state index is 14.9. The van der Waals surface area contributed by atoms with Crippen molar-refractivity contribution in [2.75, 3.05) is 58.2 Å². The van der Waals surface area contributed by atoms with E-state index in [1.165, 1.54) is 24.5 Å². The average Bonchev–Trinajstić information content (AvgIpc) is 3.42. The van der Waals surface area contributed by atoms with Gasteiger partial charge in [0.1, 0.15) is 6.07 Å². The average molecular weight is 581 g/mol. The molecule has 3 heterocycles. The summed E-state index contributed by atoms with van der Waals surface area (Å²) in [5.41, 5.74) is 1.56. The Morgan fingerprint density at radius 1 is 1.22 bits per heavy atom. The number of rotatable bonds is 9. The zero-order chi connectivity index (χ0) is 28.9. The minimum atomic E-state index is -1.20. The molecule has 0 saturated carbocycles. The minimum Gasteiger partial charge on any atom is -0.476 e. The number of fused-ring (bicyclic) bond motifs is 1. The van der Waals surface area contributed by atoms with Crippen molar-refractivity contribution in [2.24, 2.45) is 0 Å². The van der Waals surface area contributed by atoms with Gasteiger partial charge in [-0.15, -0.1) is 0 Å². The standard InChI is InChI=1S/C28H27ClF2N8O2/c1-37(13-14-38-10-7-33-8-11-38)28(40)19-3-2-18(16-21(19)29)36-26-27-35-17-22(39(27)12-9-34-26)20-4-5-23(41-15-6-32)25(31)24(20)30/h2-5,9,12,16-17,33H,7-8,10-11,13-15H2,1H3,(H,34,36). The third-order valence-corrected chi connectivity index (χ3v) is 7.13. The van der Waals surface area contributed by atoms with Gasteiger partial charge in [0, 0.05) is 70.0 Å². The first-order valence-electron chi connectivity index (χ1n) is 12.9. The minimum absolute atomic E-state index is 0.0385. The molecule has 0 radical (unpaired) electrons. The van der Waals surface area contributed by atoms with Crippen molar-refractivity contribution in [1.82, 2.24) is 29.5 Å². The number of benzene rings is 2. The second-order valence-electron chi connectivity index (χ2n) is 9.44. The Hall–Kier alpha value is -4.31. The van der Waals surface area contributed by atoms with Crippen LogP contribution in [0.5, 0.6) is 5.75 Å². The fraction of sp³-hybridized carbons (Fsp3) is 0.286. The molecule has 2 aromatic carbocycles. The van der Waals surface area contributed by atoms with Crippen LogP contribution in [0.1, 0.15) is 10.4 Å². The summed E-state index contributed by atoms with van der Waals surface area (Å²) >= 11 is 6.51. The normalized spacial score (nSPS) is 13.6. The molecule has 1 saturated heterocycles. The Morgan fingerprint density at radius 3 is 2.78 bits per heavy atom. The van der Waals surface area contributed by atoms with Crippen molar-refractivity contribution in [3.8, 4) is 23.1 Å². The summed E-state index contributed by atoms with van der Waals surface area (Å²) in [5, 5.41) is 15.4. The van der Waals surface area contributed by atoms with Gasteiger partial charge in [-0.25, -0.2) is 14.4 Å². The van der Waals surface area contributed by atoms with Gasteiger partial charge in [-0.05, 0) is 30.3 Å². The van der Waals surface area contributed by atoms with Gasteiger partial charge in [-0.1, -0.05) is 11.6 Å². The molecule has 0 aliphatic carbocycles. The van der Waals surface area contributed by atoms with Gasteiger partial charge < -0.3 is 20.3 Å². The lowest BCUT2D eigenvalue weighted by molar-refractivity contribution is 0.0775. The Balaban J connectivity index is 1.33. The largest absolute Gasteiger partial charge is 0.476 e. The molecule has 0 spiro atoms. The van der Waals surface area contributed by atoms with Crippen LogP contribution in [0.2, 0.25) is 5.02 Å². The SMILES string of the molecule is CN(CCN1CCNCC1)C(=O)c1ccc(Nc2nccn3c(-c4ccc(OCC#N)c(F)c4F)cnc23)cc1Cl. The maximum atomic E-state index is 14.9. The summed E-state index contributed by atoms with van der Waals surface area (Å²) < 4.78 is 36.0. The lowest BCUT2D eigenvalue weighted by atomic mass is 10.1. The second-order valence-corrected chi connectivity index (χ2v) is 9.84. The molecule has 13 heteroatoms. The number of nitrogens with zero attached hydrogens (tertiary/aromatic N) is 6. The Labute approximate surface area is 240 Å². The third-order valence-electron chi connectivity index (χ3n) is 6.81. The number of imidazole rings is 1. The van der Waals surface area contributed by atoms with Crippen LogP contribution >= 0.6 is 11.6 Å². The fourth-order valence-electron chi connectivity index (χ4n) is 4.59. The molecular formula is C28H27ClF2N8O2. The van der Waals surface area contributed by atoms with E-state index >= 15 is 0 Å². The number of ether oxygens (including phenoxy) is 1. The van der Waals surface area contributed by atoms with Gasteiger partial charge in [-0.2, -0.15) is 9.65 Å². The fourth-order valence-corrected chi connectivity index (χ4v) is 4.86. The smallest absolute Gasteiger partial charge is 0.255 e. The summed E-state index contributed by atoms with van der Waals surface area (Å²) in [6.07, 6.45) is 4.47. The highest BCUT2D eigenvalue weighted by Gasteiger charge is 2.21. The Bertz CT molecular complexity index is 1620. The first-order valence-corrected chi connectivity index (χ1v) is 13.3. The highest BCUT2D eigenvalue weighted by molar-refractivity contribution is 6.34. The predicted octanol–water partition coefficient (Wildman–Crippen LogP) is 3.95. The zero-order valence-corrected chi connectivity index (χ0v) is 23.0. The van der Waals surface area contributed by atoms with E-state index in [1.54, 1.807) is 46.8 Å². The molecule has 4 aromatic rings. The van der Waals surface area contributed by atoms with Crippen LogP contribution in [0.25, 0.3) is 16.9 Å². The van der Waals surface area contributed by atoms with E-state index < -0.39 is 18.2 Å². The summed E-state index contributed by atoms with van der Waals surface area (Å²) in [6, 6.07) is 9.34.